The molecule has 3 unspecified atom stereocenters. The Kier molecular flexibility index (Phi) is 7.72. The Morgan fingerprint density at radius 1 is 1.31 bits per heavy atom. The fourth-order valence-electron chi connectivity index (χ4n) is 4.12. The zero-order valence-electron chi connectivity index (χ0n) is 19.9. The minimum atomic E-state index is -0.685. The van der Waals surface area contributed by atoms with Gasteiger partial charge in [-0.15, -0.1) is 5.10 Å². The summed E-state index contributed by atoms with van der Waals surface area (Å²) in [5.41, 5.74) is 2.04. The van der Waals surface area contributed by atoms with Gasteiger partial charge in [0.15, 0.2) is 17.2 Å². The molecular weight excluding hydrogens is 484 g/mol. The number of nitrogens with one attached hydrogen (secondary N) is 3. The van der Waals surface area contributed by atoms with Crippen LogP contribution < -0.4 is 20.9 Å². The first kappa shape index (κ1) is 25.4. The summed E-state index contributed by atoms with van der Waals surface area (Å²) >= 11 is 6.78. The zero-order valence-corrected chi connectivity index (χ0v) is 20.7. The molecule has 3 aromatic rings. The van der Waals surface area contributed by atoms with E-state index in [-0.39, 0.29) is 17.7 Å². The second kappa shape index (κ2) is 10.9. The van der Waals surface area contributed by atoms with Gasteiger partial charge in [0, 0.05) is 32.2 Å². The fourth-order valence-corrected chi connectivity index (χ4v) is 4.40. The number of imidazole rings is 1. The first-order valence-corrected chi connectivity index (χ1v) is 12.0. The molecule has 3 heterocycles. The van der Waals surface area contributed by atoms with Crippen molar-refractivity contribution in [3.8, 4) is 12.1 Å². The summed E-state index contributed by atoms with van der Waals surface area (Å²) in [6.07, 6.45) is 0.857. The number of hydrogen-bond donors (Lipinski definition) is 5. The molecule has 0 radical (unpaired) electrons. The van der Waals surface area contributed by atoms with Crippen molar-refractivity contribution in [2.75, 3.05) is 41.7 Å². The van der Waals surface area contributed by atoms with Gasteiger partial charge in [-0.3, -0.25) is 0 Å². The summed E-state index contributed by atoms with van der Waals surface area (Å²) < 4.78 is 1.39. The van der Waals surface area contributed by atoms with Gasteiger partial charge in [0.05, 0.1) is 46.4 Å². The minimum absolute atomic E-state index is 0.152. The SMILES string of the molecule is CCNc1nc(Nc2cc(C#N)cc(N3CCC(NCC(C)O)C(O)C3)c2Cl)nn2c(C#N)cnc12. The van der Waals surface area contributed by atoms with E-state index in [1.807, 2.05) is 11.8 Å². The van der Waals surface area contributed by atoms with Crippen molar-refractivity contribution < 1.29 is 10.2 Å². The van der Waals surface area contributed by atoms with Gasteiger partial charge in [-0.1, -0.05) is 11.6 Å². The largest absolute Gasteiger partial charge is 0.392 e. The number of β-amino-alcohol motifs (C(OH)–C–C–N with tert-alkyl or cyclic N) is 1. The third-order valence-corrected chi connectivity index (χ3v) is 6.25. The maximum absolute atomic E-state index is 10.7. The molecule has 5 N–H and O–H groups in total. The highest BCUT2D eigenvalue weighted by Gasteiger charge is 2.29. The molecule has 4 rings (SSSR count). The van der Waals surface area contributed by atoms with Gasteiger partial charge in [0.2, 0.25) is 5.95 Å². The Morgan fingerprint density at radius 2 is 2.11 bits per heavy atom. The first-order valence-electron chi connectivity index (χ1n) is 11.6. The van der Waals surface area contributed by atoms with E-state index in [0.717, 1.165) is 0 Å². The number of nitrogens with zero attached hydrogens (tertiary/aromatic N) is 7. The smallest absolute Gasteiger partial charge is 0.247 e. The monoisotopic (exact) mass is 510 g/mol. The number of aromatic nitrogens is 4. The molecule has 0 spiro atoms. The van der Waals surface area contributed by atoms with Crippen LogP contribution in [0, 0.1) is 22.7 Å². The van der Waals surface area contributed by atoms with E-state index in [1.165, 1.54) is 10.7 Å². The van der Waals surface area contributed by atoms with Gasteiger partial charge < -0.3 is 31.1 Å². The highest BCUT2D eigenvalue weighted by molar-refractivity contribution is 6.36. The van der Waals surface area contributed by atoms with Crippen LogP contribution in [0.2, 0.25) is 5.02 Å². The maximum atomic E-state index is 10.7. The van der Waals surface area contributed by atoms with Crippen LogP contribution in [0.15, 0.2) is 18.3 Å². The molecule has 12 nitrogen and oxygen atoms in total. The van der Waals surface area contributed by atoms with E-state index in [0.29, 0.717) is 66.0 Å². The number of piperidine rings is 1. The highest BCUT2D eigenvalue weighted by Crippen LogP contribution is 2.37. The summed E-state index contributed by atoms with van der Waals surface area (Å²) in [5.74, 6) is 0.608. The second-order valence-corrected chi connectivity index (χ2v) is 8.94. The van der Waals surface area contributed by atoms with Gasteiger partial charge in [0.25, 0.3) is 0 Å². The number of halogens is 1. The normalized spacial score (nSPS) is 18.5. The van der Waals surface area contributed by atoms with Crippen LogP contribution in [0.3, 0.4) is 0 Å². The average Bonchev–Trinajstić information content (AvgIpc) is 3.28. The van der Waals surface area contributed by atoms with Crippen LogP contribution in [0.4, 0.5) is 23.1 Å². The fraction of sp³-hybridized carbons (Fsp3) is 0.435. The molecule has 3 atom stereocenters. The molecule has 0 saturated carbocycles. The molecule has 2 aromatic heterocycles. The summed E-state index contributed by atoms with van der Waals surface area (Å²) in [6.45, 7) is 5.48. The lowest BCUT2D eigenvalue weighted by Gasteiger charge is -2.38. The number of nitriles is 2. The number of benzene rings is 1. The number of hydrogen-bond acceptors (Lipinski definition) is 11. The predicted octanol–water partition coefficient (Wildman–Crippen LogP) is 1.61. The second-order valence-electron chi connectivity index (χ2n) is 8.56. The van der Waals surface area contributed by atoms with E-state index >= 15 is 0 Å². The lowest BCUT2D eigenvalue weighted by atomic mass is 10.0. The van der Waals surface area contributed by atoms with Gasteiger partial charge in [0.1, 0.15) is 6.07 Å². The molecule has 13 heteroatoms. The van der Waals surface area contributed by atoms with Crippen molar-refractivity contribution in [2.24, 2.45) is 0 Å². The number of anilines is 4. The predicted molar refractivity (Wildman–Crippen MR) is 135 cm³/mol. The van der Waals surface area contributed by atoms with Crippen LogP contribution in [0.5, 0.6) is 0 Å². The summed E-state index contributed by atoms with van der Waals surface area (Å²) in [5, 5.41) is 53.4. The highest BCUT2D eigenvalue weighted by atomic mass is 35.5. The molecule has 0 amide bonds. The molecule has 36 heavy (non-hydrogen) atoms. The molecular formula is C23H27ClN10O2. The van der Waals surface area contributed by atoms with Crippen LogP contribution in [-0.2, 0) is 0 Å². The van der Waals surface area contributed by atoms with Gasteiger partial charge in [-0.05, 0) is 32.4 Å². The third kappa shape index (κ3) is 5.27. The van der Waals surface area contributed by atoms with Crippen LogP contribution in [-0.4, -0.2) is 74.2 Å². The van der Waals surface area contributed by atoms with E-state index in [1.54, 1.807) is 19.1 Å². The van der Waals surface area contributed by atoms with Crippen molar-refractivity contribution in [2.45, 2.75) is 38.5 Å². The van der Waals surface area contributed by atoms with Crippen molar-refractivity contribution >= 4 is 40.4 Å². The van der Waals surface area contributed by atoms with Crippen LogP contribution in [0.1, 0.15) is 31.5 Å². The van der Waals surface area contributed by atoms with Crippen LogP contribution in [0.25, 0.3) is 5.65 Å². The Morgan fingerprint density at radius 3 is 2.78 bits per heavy atom. The quantitative estimate of drug-likeness (QED) is 0.298. The maximum Gasteiger partial charge on any atom is 0.247 e. The van der Waals surface area contributed by atoms with Crippen molar-refractivity contribution in [3.63, 3.8) is 0 Å². The third-order valence-electron chi connectivity index (χ3n) is 5.85. The molecule has 1 aromatic carbocycles. The minimum Gasteiger partial charge on any atom is -0.392 e. The topological polar surface area (TPSA) is 170 Å². The van der Waals surface area contributed by atoms with Gasteiger partial charge in [-0.25, -0.2) is 4.98 Å². The van der Waals surface area contributed by atoms with E-state index in [4.69, 9.17) is 11.6 Å². The van der Waals surface area contributed by atoms with Gasteiger partial charge >= 0.3 is 0 Å². The number of aliphatic hydroxyl groups excluding tert-OH is 2. The van der Waals surface area contributed by atoms with E-state index in [2.05, 4.69) is 43.2 Å². The van der Waals surface area contributed by atoms with Gasteiger partial charge in [-0.2, -0.15) is 20.0 Å². The number of fused-ring (bicyclic) bond motifs is 1. The standard InChI is InChI=1S/C23H27ClN10O2/c1-3-27-21-22-29-11-15(9-26)34(22)32-23(31-21)30-17-6-14(8-25)7-18(20(17)24)33-5-4-16(19(36)12-33)28-10-13(2)35/h6-7,11,13,16,19,28,35-36H,3-5,10,12H2,1-2H3,(H2,27,30,31,32). The number of rotatable bonds is 8. The van der Waals surface area contributed by atoms with Crippen molar-refractivity contribution in [1.29, 1.82) is 10.5 Å². The Bertz CT molecular complexity index is 1330. The molecule has 188 valence electrons. The molecule has 1 aliphatic rings. The lowest BCUT2D eigenvalue weighted by molar-refractivity contribution is 0.102. The van der Waals surface area contributed by atoms with E-state index in [9.17, 15) is 20.7 Å². The molecule has 1 saturated heterocycles. The molecule has 1 aliphatic heterocycles. The molecule has 0 bridgehead atoms. The lowest BCUT2D eigenvalue weighted by Crippen LogP contribution is -2.53. The molecule has 0 aliphatic carbocycles. The number of aliphatic hydroxyl groups is 2. The summed E-state index contributed by atoms with van der Waals surface area (Å²) in [6, 6.07) is 7.33. The average molecular weight is 511 g/mol. The molecule has 1 fully saturated rings. The van der Waals surface area contributed by atoms with E-state index < -0.39 is 12.2 Å². The Labute approximate surface area is 213 Å². The zero-order chi connectivity index (χ0) is 25.8. The van der Waals surface area contributed by atoms with Crippen LogP contribution >= 0.6 is 11.6 Å². The summed E-state index contributed by atoms with van der Waals surface area (Å²) in [7, 11) is 0. The van der Waals surface area contributed by atoms with Crippen molar-refractivity contribution in [3.05, 3.63) is 34.6 Å². The Balaban J connectivity index is 1.64. The van der Waals surface area contributed by atoms with Crippen molar-refractivity contribution in [1.82, 2.24) is 24.9 Å². The Hall–Kier alpha value is -3.68. The summed E-state index contributed by atoms with van der Waals surface area (Å²) in [4.78, 5) is 10.6. The first-order chi connectivity index (χ1) is 17.3.